The van der Waals surface area contributed by atoms with E-state index in [2.05, 4.69) is 62.0 Å². The second-order valence-electron chi connectivity index (χ2n) is 10.8. The van der Waals surface area contributed by atoms with Crippen molar-refractivity contribution in [1.82, 2.24) is 0 Å². The van der Waals surface area contributed by atoms with Crippen LogP contribution in [0.2, 0.25) is 0 Å². The Kier molecular flexibility index (Phi) is 5.13. The minimum atomic E-state index is -0.914. The van der Waals surface area contributed by atoms with Crippen molar-refractivity contribution in [2.75, 3.05) is 19.0 Å². The predicted molar refractivity (Wildman–Crippen MR) is 129 cm³/mol. The smallest absolute Gasteiger partial charge is 0.156 e. The van der Waals surface area contributed by atoms with E-state index in [1.807, 2.05) is 13.0 Å². The van der Waals surface area contributed by atoms with Crippen molar-refractivity contribution in [3.63, 3.8) is 0 Å². The Bertz CT molecular complexity index is 1070. The zero-order chi connectivity index (χ0) is 22.7. The van der Waals surface area contributed by atoms with Crippen LogP contribution >= 0.6 is 0 Å². The third-order valence-electron chi connectivity index (χ3n) is 9.03. The molecule has 1 aromatic carbocycles. The molecule has 5 atom stereocenters. The van der Waals surface area contributed by atoms with Crippen LogP contribution in [0.3, 0.4) is 0 Å². The fourth-order valence-electron chi connectivity index (χ4n) is 7.38. The molecule has 0 amide bonds. The maximum atomic E-state index is 12.2. The highest BCUT2D eigenvalue weighted by Crippen LogP contribution is 2.66. The maximum Gasteiger partial charge on any atom is 0.156 e. The molecule has 5 rings (SSSR count). The van der Waals surface area contributed by atoms with Crippen molar-refractivity contribution >= 4 is 11.5 Å². The summed E-state index contributed by atoms with van der Waals surface area (Å²) in [5, 5.41) is 11.7. The molecule has 32 heavy (non-hydrogen) atoms. The highest BCUT2D eigenvalue weighted by Gasteiger charge is 2.62. The first-order valence-corrected chi connectivity index (χ1v) is 12.2. The Labute approximate surface area is 192 Å². The molecule has 1 N–H and O–H groups in total. The van der Waals surface area contributed by atoms with Crippen LogP contribution in [0.25, 0.3) is 0 Å². The van der Waals surface area contributed by atoms with E-state index in [0.717, 1.165) is 38.5 Å². The van der Waals surface area contributed by atoms with Crippen LogP contribution < -0.4 is 4.90 Å². The molecule has 0 saturated heterocycles. The number of hydrogen-bond donors (Lipinski definition) is 1. The topological polar surface area (TPSA) is 40.5 Å². The number of aliphatic hydroxyl groups is 1. The summed E-state index contributed by atoms with van der Waals surface area (Å²) in [4.78, 5) is 14.3. The number of carbonyl (C=O) groups excluding carboxylic acids is 1. The van der Waals surface area contributed by atoms with E-state index >= 15 is 0 Å². The van der Waals surface area contributed by atoms with Crippen LogP contribution in [0.5, 0.6) is 0 Å². The molecule has 0 unspecified atom stereocenters. The molecule has 2 fully saturated rings. The van der Waals surface area contributed by atoms with Crippen molar-refractivity contribution in [1.29, 1.82) is 0 Å². The Morgan fingerprint density at radius 3 is 2.53 bits per heavy atom. The molecule has 0 spiro atoms. The van der Waals surface area contributed by atoms with Gasteiger partial charge in [-0.1, -0.05) is 30.6 Å². The highest BCUT2D eigenvalue weighted by atomic mass is 16.3. The van der Waals surface area contributed by atoms with Gasteiger partial charge in [0.2, 0.25) is 0 Å². The summed E-state index contributed by atoms with van der Waals surface area (Å²) in [7, 11) is 4.14. The lowest BCUT2D eigenvalue weighted by atomic mass is 9.51. The standard InChI is InChI=1S/C29H35NO2/c1-5-15-29(32)16-14-26-24-12-8-20-17-22(31)11-13-23(20)27(24)25(18-28(26,29)2)19-6-9-21(10-7-19)30(3)4/h6-7,9-10,17,24-26,32H,8,11-14,16,18H2,1-4H3/t24-,25+,26+,28-,29-/m0/s1. The molecule has 1 aromatic rings. The number of nitrogens with zero attached hydrogens (tertiary/aromatic N) is 1. The van der Waals surface area contributed by atoms with Crippen LogP contribution in [-0.4, -0.2) is 30.6 Å². The van der Waals surface area contributed by atoms with Crippen molar-refractivity contribution in [3.05, 3.63) is 52.6 Å². The SMILES string of the molecule is CC#C[C@]1(O)CC[C@@H]2[C@@H]3CCC4=CC(=O)CCC4=C3[C@@H](c3ccc(N(C)C)cc3)C[C@@]21C. The minimum absolute atomic E-state index is 0.221. The van der Waals surface area contributed by atoms with Gasteiger partial charge in [-0.15, -0.1) is 5.92 Å². The van der Waals surface area contributed by atoms with Crippen molar-refractivity contribution in [3.8, 4) is 11.8 Å². The van der Waals surface area contributed by atoms with Crippen LogP contribution in [0.1, 0.15) is 70.3 Å². The first kappa shape index (κ1) is 21.5. The first-order valence-electron chi connectivity index (χ1n) is 12.2. The van der Waals surface area contributed by atoms with E-state index in [9.17, 15) is 9.90 Å². The van der Waals surface area contributed by atoms with Crippen molar-refractivity contribution in [2.24, 2.45) is 17.3 Å². The lowest BCUT2D eigenvalue weighted by molar-refractivity contribution is -0.114. The summed E-state index contributed by atoms with van der Waals surface area (Å²) in [6.45, 7) is 4.15. The number of allylic oxidation sites excluding steroid dienone is 4. The predicted octanol–water partition coefficient (Wildman–Crippen LogP) is 5.41. The van der Waals surface area contributed by atoms with Crippen LogP contribution in [0, 0.1) is 29.1 Å². The molecular weight excluding hydrogens is 394 g/mol. The quantitative estimate of drug-likeness (QED) is 0.640. The normalized spacial score (nSPS) is 35.8. The Hall–Kier alpha value is -2.31. The van der Waals surface area contributed by atoms with Crippen molar-refractivity contribution < 1.29 is 9.90 Å². The molecule has 2 saturated carbocycles. The molecule has 3 heteroatoms. The van der Waals surface area contributed by atoms with E-state index in [1.54, 1.807) is 5.57 Å². The third-order valence-corrected chi connectivity index (χ3v) is 9.03. The molecule has 0 heterocycles. The fraction of sp³-hybridized carbons (Fsp3) is 0.552. The van der Waals surface area contributed by atoms with Crippen molar-refractivity contribution in [2.45, 2.75) is 70.3 Å². The van der Waals surface area contributed by atoms with E-state index in [1.165, 1.54) is 22.4 Å². The average Bonchev–Trinajstić information content (AvgIpc) is 3.03. The Morgan fingerprint density at radius 2 is 1.84 bits per heavy atom. The summed E-state index contributed by atoms with van der Waals surface area (Å²) in [5.41, 5.74) is 5.71. The van der Waals surface area contributed by atoms with Gasteiger partial charge in [0, 0.05) is 37.5 Å². The van der Waals surface area contributed by atoms with Gasteiger partial charge in [0.05, 0.1) is 0 Å². The lowest BCUT2D eigenvalue weighted by Crippen LogP contribution is -2.51. The molecular formula is C29H35NO2. The van der Waals surface area contributed by atoms with Gasteiger partial charge in [0.15, 0.2) is 5.78 Å². The van der Waals surface area contributed by atoms with E-state index in [-0.39, 0.29) is 17.1 Å². The zero-order valence-electron chi connectivity index (χ0n) is 19.9. The molecule has 0 aliphatic heterocycles. The van der Waals surface area contributed by atoms with Gasteiger partial charge in [-0.2, -0.15) is 0 Å². The van der Waals surface area contributed by atoms with Crippen LogP contribution in [0.4, 0.5) is 5.69 Å². The van der Waals surface area contributed by atoms with Crippen LogP contribution in [-0.2, 0) is 4.79 Å². The molecule has 0 radical (unpaired) electrons. The van der Waals surface area contributed by atoms with Gasteiger partial charge in [0.1, 0.15) is 5.60 Å². The third kappa shape index (κ3) is 3.11. The zero-order valence-corrected chi connectivity index (χ0v) is 19.9. The number of benzene rings is 1. The molecule has 0 aromatic heterocycles. The van der Waals surface area contributed by atoms with Gasteiger partial charge >= 0.3 is 0 Å². The largest absolute Gasteiger partial charge is 0.378 e. The van der Waals surface area contributed by atoms with Gasteiger partial charge < -0.3 is 10.0 Å². The van der Waals surface area contributed by atoms with E-state index < -0.39 is 5.60 Å². The minimum Gasteiger partial charge on any atom is -0.378 e. The molecule has 168 valence electrons. The maximum absolute atomic E-state index is 12.2. The summed E-state index contributed by atoms with van der Waals surface area (Å²) in [6.07, 6.45) is 8.23. The summed E-state index contributed by atoms with van der Waals surface area (Å²) >= 11 is 0. The van der Waals surface area contributed by atoms with Crippen LogP contribution in [0.15, 0.2) is 47.1 Å². The molecule has 4 aliphatic carbocycles. The van der Waals surface area contributed by atoms with Gasteiger partial charge in [0.25, 0.3) is 0 Å². The Balaban J connectivity index is 1.67. The number of fused-ring (bicyclic) bond motifs is 4. The number of ketones is 1. The van der Waals surface area contributed by atoms with Gasteiger partial charge in [-0.05, 0) is 92.2 Å². The van der Waals surface area contributed by atoms with E-state index in [4.69, 9.17) is 0 Å². The van der Waals surface area contributed by atoms with Gasteiger partial charge in [-0.25, -0.2) is 0 Å². The average molecular weight is 430 g/mol. The number of rotatable bonds is 2. The summed E-state index contributed by atoms with van der Waals surface area (Å²) < 4.78 is 0. The molecule has 0 bridgehead atoms. The van der Waals surface area contributed by atoms with E-state index in [0.29, 0.717) is 18.3 Å². The summed E-state index contributed by atoms with van der Waals surface area (Å²) in [5.74, 6) is 7.76. The number of hydrogen-bond acceptors (Lipinski definition) is 3. The molecule has 4 aliphatic rings. The second-order valence-corrected chi connectivity index (χ2v) is 10.8. The van der Waals surface area contributed by atoms with Gasteiger partial charge in [-0.3, -0.25) is 4.79 Å². The fourth-order valence-corrected chi connectivity index (χ4v) is 7.38. The Morgan fingerprint density at radius 1 is 1.09 bits per heavy atom. The highest BCUT2D eigenvalue weighted by molar-refractivity contribution is 5.93. The first-order chi connectivity index (χ1) is 15.3. The number of carbonyl (C=O) groups is 1. The monoisotopic (exact) mass is 429 g/mol. The molecule has 3 nitrogen and oxygen atoms in total. The lowest BCUT2D eigenvalue weighted by Gasteiger charge is -2.53. The number of anilines is 1. The summed E-state index contributed by atoms with van der Waals surface area (Å²) in [6, 6.07) is 8.97. The second kappa shape index (κ2) is 7.63.